The molecule has 5 nitrogen and oxygen atoms in total. The maximum atomic E-state index is 11.8. The van der Waals surface area contributed by atoms with Crippen LogP contribution in [0.15, 0.2) is 78.9 Å². The summed E-state index contributed by atoms with van der Waals surface area (Å²) in [5, 5.41) is 7.01. The number of sulfonamides is 1. The Morgan fingerprint density at radius 3 is 2.27 bits per heavy atom. The summed E-state index contributed by atoms with van der Waals surface area (Å²) >= 11 is 5.57. The number of hydrogen-bond donors (Lipinski definition) is 2. The average Bonchev–Trinajstić information content (AvgIpc) is 2.71. The molecule has 3 rings (SSSR count). The van der Waals surface area contributed by atoms with Crippen molar-refractivity contribution in [3.8, 4) is 0 Å². The van der Waals surface area contributed by atoms with E-state index in [0.717, 1.165) is 11.1 Å². The molecule has 0 aliphatic heterocycles. The van der Waals surface area contributed by atoms with Gasteiger partial charge in [0.1, 0.15) is 0 Å². The Labute approximate surface area is 183 Å². The van der Waals surface area contributed by atoms with Gasteiger partial charge in [-0.15, -0.1) is 0 Å². The molecule has 3 aromatic rings. The van der Waals surface area contributed by atoms with Crippen molar-refractivity contribution in [2.45, 2.75) is 13.0 Å². The number of rotatable bonds is 6. The monoisotopic (exact) mass is 439 g/mol. The zero-order valence-corrected chi connectivity index (χ0v) is 18.8. The van der Waals surface area contributed by atoms with E-state index in [0.29, 0.717) is 16.5 Å². The van der Waals surface area contributed by atoms with Gasteiger partial charge < -0.3 is 10.6 Å². The first-order valence-electron chi connectivity index (χ1n) is 9.47. The normalized spacial score (nSPS) is 12.1. The van der Waals surface area contributed by atoms with Crippen LogP contribution in [0.25, 0.3) is 0 Å². The van der Waals surface area contributed by atoms with Crippen molar-refractivity contribution in [2.24, 2.45) is 0 Å². The van der Waals surface area contributed by atoms with Gasteiger partial charge in [0, 0.05) is 12.7 Å². The van der Waals surface area contributed by atoms with Gasteiger partial charge in [0.2, 0.25) is 10.0 Å². The van der Waals surface area contributed by atoms with Gasteiger partial charge in [-0.25, -0.2) is 8.42 Å². The van der Waals surface area contributed by atoms with Crippen LogP contribution in [-0.2, 0) is 10.0 Å². The predicted octanol–water partition coefficient (Wildman–Crippen LogP) is 4.47. The molecule has 0 bridgehead atoms. The largest absolute Gasteiger partial charge is 0.352 e. The highest BCUT2D eigenvalue weighted by atomic mass is 32.2. The summed E-state index contributed by atoms with van der Waals surface area (Å²) in [6.07, 6.45) is 1.17. The van der Waals surface area contributed by atoms with Crippen molar-refractivity contribution in [2.75, 3.05) is 22.9 Å². The number of nitrogens with one attached hydrogen (secondary N) is 2. The Hall–Kier alpha value is -2.90. The summed E-state index contributed by atoms with van der Waals surface area (Å²) in [5.41, 5.74) is 4.64. The lowest BCUT2D eigenvalue weighted by atomic mass is 9.97. The molecule has 0 saturated carbocycles. The molecule has 0 aromatic heterocycles. The van der Waals surface area contributed by atoms with Gasteiger partial charge in [-0.3, -0.25) is 4.31 Å². The minimum atomic E-state index is -3.34. The lowest BCUT2D eigenvalue weighted by Gasteiger charge is -2.23. The average molecular weight is 440 g/mol. The van der Waals surface area contributed by atoms with E-state index >= 15 is 0 Å². The van der Waals surface area contributed by atoms with Crippen LogP contribution in [0.5, 0.6) is 0 Å². The van der Waals surface area contributed by atoms with Crippen molar-refractivity contribution < 1.29 is 8.42 Å². The molecule has 0 spiro atoms. The molecule has 0 amide bonds. The van der Waals surface area contributed by atoms with Crippen molar-refractivity contribution in [1.82, 2.24) is 5.32 Å². The summed E-state index contributed by atoms with van der Waals surface area (Å²) < 4.78 is 24.9. The van der Waals surface area contributed by atoms with Crippen LogP contribution < -0.4 is 14.9 Å². The first-order valence-corrected chi connectivity index (χ1v) is 11.7. The Kier molecular flexibility index (Phi) is 6.74. The van der Waals surface area contributed by atoms with Gasteiger partial charge in [-0.1, -0.05) is 66.2 Å². The fourth-order valence-corrected chi connectivity index (χ4v) is 3.86. The second-order valence-electron chi connectivity index (χ2n) is 7.14. The minimum Gasteiger partial charge on any atom is -0.352 e. The third-order valence-electron chi connectivity index (χ3n) is 4.75. The van der Waals surface area contributed by atoms with Gasteiger partial charge in [-0.05, 0) is 48.5 Å². The second-order valence-corrected chi connectivity index (χ2v) is 9.56. The van der Waals surface area contributed by atoms with Crippen LogP contribution >= 0.6 is 12.2 Å². The molecule has 3 aromatic carbocycles. The molecular formula is C23H25N3O2S2. The van der Waals surface area contributed by atoms with Crippen LogP contribution in [-0.4, -0.2) is 26.8 Å². The van der Waals surface area contributed by atoms with Gasteiger partial charge in [-0.2, -0.15) is 0 Å². The van der Waals surface area contributed by atoms with Crippen LogP contribution in [0.2, 0.25) is 0 Å². The Balaban J connectivity index is 1.82. The molecule has 7 heteroatoms. The highest BCUT2D eigenvalue weighted by molar-refractivity contribution is 7.92. The number of nitrogens with zero attached hydrogens (tertiary/aromatic N) is 1. The smallest absolute Gasteiger partial charge is 0.231 e. The fraction of sp³-hybridized carbons (Fsp3) is 0.174. The van der Waals surface area contributed by atoms with E-state index in [1.165, 1.54) is 23.2 Å². The van der Waals surface area contributed by atoms with E-state index < -0.39 is 10.0 Å². The zero-order valence-electron chi connectivity index (χ0n) is 17.2. The molecule has 0 heterocycles. The maximum Gasteiger partial charge on any atom is 0.231 e. The van der Waals surface area contributed by atoms with Crippen molar-refractivity contribution in [3.05, 3.63) is 95.6 Å². The highest BCUT2D eigenvalue weighted by Crippen LogP contribution is 2.24. The molecule has 1 atom stereocenters. The first-order chi connectivity index (χ1) is 14.2. The lowest BCUT2D eigenvalue weighted by Crippen LogP contribution is -2.33. The molecule has 0 aliphatic carbocycles. The Morgan fingerprint density at radius 1 is 0.933 bits per heavy atom. The number of aryl methyl sites for hydroxylation is 1. The predicted molar refractivity (Wildman–Crippen MR) is 129 cm³/mol. The molecule has 0 fully saturated rings. The summed E-state index contributed by atoms with van der Waals surface area (Å²) in [6, 6.07) is 25.4. The quantitative estimate of drug-likeness (QED) is 0.555. The summed E-state index contributed by atoms with van der Waals surface area (Å²) in [7, 11) is -1.82. The van der Waals surface area contributed by atoms with E-state index in [1.807, 2.05) is 30.3 Å². The maximum absolute atomic E-state index is 11.8. The highest BCUT2D eigenvalue weighted by Gasteiger charge is 2.16. The van der Waals surface area contributed by atoms with Gasteiger partial charge in [0.15, 0.2) is 5.11 Å². The van der Waals surface area contributed by atoms with Gasteiger partial charge in [0.25, 0.3) is 0 Å². The van der Waals surface area contributed by atoms with Gasteiger partial charge >= 0.3 is 0 Å². The summed E-state index contributed by atoms with van der Waals surface area (Å²) in [4.78, 5) is 0. The number of anilines is 2. The van der Waals surface area contributed by atoms with E-state index in [4.69, 9.17) is 12.2 Å². The SMILES string of the molecule is Cc1cccc([C@H](NC(=S)Nc2cccc(N(C)S(C)(=O)=O)c2)c2ccccc2)c1. The molecular weight excluding hydrogens is 414 g/mol. The second kappa shape index (κ2) is 9.28. The van der Waals surface area contributed by atoms with E-state index in [9.17, 15) is 8.42 Å². The topological polar surface area (TPSA) is 61.4 Å². The minimum absolute atomic E-state index is 0.118. The summed E-state index contributed by atoms with van der Waals surface area (Å²) in [6.45, 7) is 2.06. The van der Waals surface area contributed by atoms with Gasteiger partial charge in [0.05, 0.1) is 18.0 Å². The molecule has 0 radical (unpaired) electrons. The van der Waals surface area contributed by atoms with Crippen LogP contribution in [0.1, 0.15) is 22.7 Å². The molecule has 156 valence electrons. The molecule has 0 unspecified atom stereocenters. The van der Waals surface area contributed by atoms with E-state index in [-0.39, 0.29) is 6.04 Å². The number of benzene rings is 3. The molecule has 2 N–H and O–H groups in total. The van der Waals surface area contributed by atoms with Crippen LogP contribution in [0.3, 0.4) is 0 Å². The van der Waals surface area contributed by atoms with Crippen molar-refractivity contribution in [1.29, 1.82) is 0 Å². The van der Waals surface area contributed by atoms with Crippen molar-refractivity contribution in [3.63, 3.8) is 0 Å². The van der Waals surface area contributed by atoms with Crippen molar-refractivity contribution >= 4 is 38.7 Å². The molecule has 0 saturated heterocycles. The lowest BCUT2D eigenvalue weighted by molar-refractivity contribution is 0.600. The first kappa shape index (κ1) is 21.8. The third-order valence-corrected chi connectivity index (χ3v) is 6.17. The van der Waals surface area contributed by atoms with E-state index in [1.54, 1.807) is 18.2 Å². The summed E-state index contributed by atoms with van der Waals surface area (Å²) in [5.74, 6) is 0. The van der Waals surface area contributed by atoms with Crippen LogP contribution in [0, 0.1) is 6.92 Å². The molecule has 30 heavy (non-hydrogen) atoms. The zero-order chi connectivity index (χ0) is 21.7. The fourth-order valence-electron chi connectivity index (χ4n) is 3.12. The van der Waals surface area contributed by atoms with E-state index in [2.05, 4.69) is 47.9 Å². The number of hydrogen-bond acceptors (Lipinski definition) is 3. The number of thiocarbonyl (C=S) groups is 1. The Morgan fingerprint density at radius 2 is 1.60 bits per heavy atom. The third kappa shape index (κ3) is 5.58. The molecule has 0 aliphatic rings. The standard InChI is InChI=1S/C23H25N3O2S2/c1-17-9-7-12-19(15-17)22(18-10-5-4-6-11-18)25-23(29)24-20-13-8-14-21(16-20)26(2)30(3,27)28/h4-16,22H,1-3H3,(H2,24,25,29)/t22-/m1/s1. The van der Waals surface area contributed by atoms with Crippen LogP contribution in [0.4, 0.5) is 11.4 Å². The Bertz CT molecular complexity index is 1130.